The fraction of sp³-hybridized carbons (Fsp3) is 0.348. The fourth-order valence-electron chi connectivity index (χ4n) is 3.95. The van der Waals surface area contributed by atoms with Gasteiger partial charge in [-0.15, -0.1) is 23.7 Å². The number of aryl methyl sites for hydroxylation is 2. The number of hydrogen-bond donors (Lipinski definition) is 1. The van der Waals surface area contributed by atoms with E-state index in [9.17, 15) is 9.59 Å². The molecule has 170 valence electrons. The Kier molecular flexibility index (Phi) is 7.71. The molecule has 3 heterocycles. The van der Waals surface area contributed by atoms with Gasteiger partial charge >= 0.3 is 5.97 Å². The van der Waals surface area contributed by atoms with Gasteiger partial charge in [-0.25, -0.2) is 4.79 Å². The van der Waals surface area contributed by atoms with Crippen molar-refractivity contribution in [1.82, 2.24) is 14.7 Å². The number of amides is 1. The van der Waals surface area contributed by atoms with Crippen molar-refractivity contribution in [3.05, 3.63) is 69.4 Å². The molecule has 1 amide bonds. The standard InChI is InChI=1S/C23H26N4O3S.ClH/c1-4-27-15(2)12-18(25-27)21(28)24-22-20(23(29)30-3)17-10-11-26(14-19(17)31-22)13-16-8-6-5-7-9-16;/h5-9,12H,4,10-11,13-14H2,1-3H3,(H,24,28);1H. The molecule has 0 saturated carbocycles. The van der Waals surface area contributed by atoms with Crippen molar-refractivity contribution < 1.29 is 14.3 Å². The molecule has 1 N–H and O–H groups in total. The van der Waals surface area contributed by atoms with E-state index < -0.39 is 5.97 Å². The molecular formula is C23H27ClN4O3S. The molecule has 32 heavy (non-hydrogen) atoms. The number of carbonyl (C=O) groups is 2. The number of ether oxygens (including phenoxy) is 1. The molecule has 1 aromatic carbocycles. The maximum atomic E-state index is 12.8. The van der Waals surface area contributed by atoms with E-state index in [0.717, 1.165) is 42.2 Å². The van der Waals surface area contributed by atoms with E-state index in [2.05, 4.69) is 27.4 Å². The summed E-state index contributed by atoms with van der Waals surface area (Å²) >= 11 is 1.45. The Bertz CT molecular complexity index is 1110. The lowest BCUT2D eigenvalue weighted by atomic mass is 10.0. The number of halogens is 1. The Morgan fingerprint density at radius 3 is 2.66 bits per heavy atom. The minimum Gasteiger partial charge on any atom is -0.465 e. The summed E-state index contributed by atoms with van der Waals surface area (Å²) in [6.07, 6.45) is 0.739. The lowest BCUT2D eigenvalue weighted by molar-refractivity contribution is 0.0600. The van der Waals surface area contributed by atoms with Gasteiger partial charge in [-0.1, -0.05) is 30.3 Å². The number of methoxy groups -OCH3 is 1. The van der Waals surface area contributed by atoms with Gasteiger partial charge in [0.25, 0.3) is 5.91 Å². The number of benzene rings is 1. The van der Waals surface area contributed by atoms with Crippen molar-refractivity contribution in [2.24, 2.45) is 0 Å². The number of hydrogen-bond acceptors (Lipinski definition) is 6. The molecule has 0 saturated heterocycles. The summed E-state index contributed by atoms with van der Waals surface area (Å²) in [5.41, 5.74) is 3.97. The van der Waals surface area contributed by atoms with E-state index in [1.807, 2.05) is 32.0 Å². The molecule has 9 heteroatoms. The van der Waals surface area contributed by atoms with Crippen molar-refractivity contribution >= 4 is 40.6 Å². The van der Waals surface area contributed by atoms with E-state index in [0.29, 0.717) is 22.8 Å². The second-order valence-corrected chi connectivity index (χ2v) is 8.69. The first-order valence-corrected chi connectivity index (χ1v) is 11.2. The zero-order valence-corrected chi connectivity index (χ0v) is 20.0. The molecule has 0 fully saturated rings. The second kappa shape index (κ2) is 10.3. The summed E-state index contributed by atoms with van der Waals surface area (Å²) < 4.78 is 6.81. The predicted octanol–water partition coefficient (Wildman–Crippen LogP) is 4.29. The molecule has 0 aliphatic carbocycles. The van der Waals surface area contributed by atoms with Crippen LogP contribution in [-0.4, -0.2) is 40.2 Å². The molecule has 0 bridgehead atoms. The monoisotopic (exact) mass is 474 g/mol. The molecule has 0 unspecified atom stereocenters. The van der Waals surface area contributed by atoms with Gasteiger partial charge in [-0.2, -0.15) is 5.10 Å². The third-order valence-electron chi connectivity index (χ3n) is 5.51. The van der Waals surface area contributed by atoms with Crippen LogP contribution in [0.1, 0.15) is 49.5 Å². The minimum absolute atomic E-state index is 0. The smallest absolute Gasteiger partial charge is 0.341 e. The Labute approximate surface area is 197 Å². The Hall–Kier alpha value is -2.68. The zero-order valence-electron chi connectivity index (χ0n) is 18.4. The molecule has 1 aliphatic heterocycles. The number of nitrogens with zero attached hydrogens (tertiary/aromatic N) is 3. The van der Waals surface area contributed by atoms with Crippen molar-refractivity contribution in [3.63, 3.8) is 0 Å². The third kappa shape index (κ3) is 4.87. The number of thiophene rings is 1. The number of esters is 1. The quantitative estimate of drug-likeness (QED) is 0.539. The summed E-state index contributed by atoms with van der Waals surface area (Å²) in [6.45, 7) is 7.01. The van der Waals surface area contributed by atoms with Gasteiger partial charge in [0.2, 0.25) is 0 Å². The van der Waals surface area contributed by atoms with Crippen LogP contribution in [0.25, 0.3) is 0 Å². The van der Waals surface area contributed by atoms with Gasteiger partial charge < -0.3 is 10.1 Å². The van der Waals surface area contributed by atoms with E-state index in [1.54, 1.807) is 10.7 Å². The van der Waals surface area contributed by atoms with E-state index in [1.165, 1.54) is 24.0 Å². The first-order valence-electron chi connectivity index (χ1n) is 10.3. The lowest BCUT2D eigenvalue weighted by Crippen LogP contribution is -2.29. The maximum Gasteiger partial charge on any atom is 0.341 e. The van der Waals surface area contributed by atoms with Crippen molar-refractivity contribution in [3.8, 4) is 0 Å². The first-order chi connectivity index (χ1) is 15.0. The fourth-order valence-corrected chi connectivity index (χ4v) is 5.22. The van der Waals surface area contributed by atoms with Crippen LogP contribution in [0.15, 0.2) is 36.4 Å². The Morgan fingerprint density at radius 1 is 1.25 bits per heavy atom. The topological polar surface area (TPSA) is 76.5 Å². The van der Waals surface area contributed by atoms with Gasteiger partial charge in [0.1, 0.15) is 5.00 Å². The number of nitrogens with one attached hydrogen (secondary N) is 1. The number of carbonyl (C=O) groups excluding carboxylic acids is 2. The van der Waals surface area contributed by atoms with Gasteiger partial charge in [0.05, 0.1) is 12.7 Å². The summed E-state index contributed by atoms with van der Waals surface area (Å²) in [5, 5.41) is 7.79. The van der Waals surface area contributed by atoms with E-state index >= 15 is 0 Å². The van der Waals surface area contributed by atoms with Crippen molar-refractivity contribution in [2.45, 2.75) is 39.9 Å². The maximum absolute atomic E-state index is 12.8. The molecule has 2 aromatic heterocycles. The van der Waals surface area contributed by atoms with E-state index in [-0.39, 0.29) is 18.3 Å². The van der Waals surface area contributed by atoms with Crippen LogP contribution in [-0.2, 0) is 30.8 Å². The largest absolute Gasteiger partial charge is 0.465 e. The zero-order chi connectivity index (χ0) is 22.0. The molecule has 0 spiro atoms. The van der Waals surface area contributed by atoms with Crippen molar-refractivity contribution in [1.29, 1.82) is 0 Å². The van der Waals surface area contributed by atoms with Gasteiger partial charge in [0, 0.05) is 36.8 Å². The summed E-state index contributed by atoms with van der Waals surface area (Å²) in [4.78, 5) is 28.8. The molecule has 0 radical (unpaired) electrons. The molecule has 7 nitrogen and oxygen atoms in total. The normalized spacial score (nSPS) is 13.2. The average molecular weight is 475 g/mol. The first kappa shape index (κ1) is 24.0. The highest BCUT2D eigenvalue weighted by molar-refractivity contribution is 7.17. The van der Waals surface area contributed by atoms with Crippen LogP contribution < -0.4 is 5.32 Å². The van der Waals surface area contributed by atoms with Crippen LogP contribution >= 0.6 is 23.7 Å². The van der Waals surface area contributed by atoms with Crippen molar-refractivity contribution in [2.75, 3.05) is 19.0 Å². The number of aromatic nitrogens is 2. The molecule has 1 aliphatic rings. The van der Waals surface area contributed by atoms with Crippen LogP contribution in [0.4, 0.5) is 5.00 Å². The highest BCUT2D eigenvalue weighted by Crippen LogP contribution is 2.38. The van der Waals surface area contributed by atoms with Gasteiger partial charge in [-0.3, -0.25) is 14.4 Å². The third-order valence-corrected chi connectivity index (χ3v) is 6.65. The molecule has 0 atom stereocenters. The number of anilines is 1. The minimum atomic E-state index is -0.417. The van der Waals surface area contributed by atoms with E-state index in [4.69, 9.17) is 4.74 Å². The Morgan fingerprint density at radius 2 is 2.00 bits per heavy atom. The van der Waals surface area contributed by atoms with Gasteiger partial charge in [0.15, 0.2) is 5.69 Å². The van der Waals surface area contributed by atoms with Crippen LogP contribution in [0.2, 0.25) is 0 Å². The second-order valence-electron chi connectivity index (χ2n) is 7.59. The molecule has 3 aromatic rings. The number of fused-ring (bicyclic) bond motifs is 1. The summed E-state index contributed by atoms with van der Waals surface area (Å²) in [5.74, 6) is -0.736. The summed E-state index contributed by atoms with van der Waals surface area (Å²) in [7, 11) is 1.37. The molecular weight excluding hydrogens is 448 g/mol. The number of rotatable bonds is 6. The van der Waals surface area contributed by atoms with Crippen LogP contribution in [0, 0.1) is 6.92 Å². The molecule has 4 rings (SSSR count). The van der Waals surface area contributed by atoms with Crippen LogP contribution in [0.5, 0.6) is 0 Å². The van der Waals surface area contributed by atoms with Gasteiger partial charge in [-0.05, 0) is 37.5 Å². The lowest BCUT2D eigenvalue weighted by Gasteiger charge is -2.27. The SMILES string of the molecule is CCn1nc(C(=O)Nc2sc3c(c2C(=O)OC)CCN(Cc2ccccc2)C3)cc1C.Cl. The summed E-state index contributed by atoms with van der Waals surface area (Å²) in [6, 6.07) is 12.1. The van der Waals surface area contributed by atoms with Crippen LogP contribution in [0.3, 0.4) is 0 Å². The predicted molar refractivity (Wildman–Crippen MR) is 128 cm³/mol. The highest BCUT2D eigenvalue weighted by Gasteiger charge is 2.29. The average Bonchev–Trinajstić information content (AvgIpc) is 3.33. The Balaban J connectivity index is 0.00000289. The highest BCUT2D eigenvalue weighted by atomic mass is 35.5.